The fourth-order valence-corrected chi connectivity index (χ4v) is 5.59. The summed E-state index contributed by atoms with van der Waals surface area (Å²) in [6.07, 6.45) is 2.17. The van der Waals surface area contributed by atoms with E-state index >= 15 is 0 Å². The Balaban J connectivity index is 1.78. The second-order valence-corrected chi connectivity index (χ2v) is 9.52. The lowest BCUT2D eigenvalue weighted by atomic mass is 10.0. The maximum absolute atomic E-state index is 12.3. The van der Waals surface area contributed by atoms with Crippen LogP contribution in [0.4, 0.5) is 5.69 Å². The number of halogens is 2. The van der Waals surface area contributed by atoms with Gasteiger partial charge in [-0.15, -0.1) is 0 Å². The Hall–Kier alpha value is -1.83. The summed E-state index contributed by atoms with van der Waals surface area (Å²) in [6, 6.07) is 4.90. The topological polar surface area (TPSA) is 81.1 Å². The highest BCUT2D eigenvalue weighted by atomic mass is 35.5. The van der Waals surface area contributed by atoms with E-state index in [1.165, 1.54) is 0 Å². The molecule has 0 unspecified atom stereocenters. The fraction of sp³-hybridized carbons (Fsp3) is 0.294. The van der Waals surface area contributed by atoms with Crippen molar-refractivity contribution in [2.45, 2.75) is 19.4 Å². The van der Waals surface area contributed by atoms with Gasteiger partial charge < -0.3 is 5.32 Å². The zero-order valence-electron chi connectivity index (χ0n) is 13.8. The Morgan fingerprint density at radius 3 is 2.81 bits per heavy atom. The van der Waals surface area contributed by atoms with Crippen LogP contribution in [0.25, 0.3) is 11.6 Å². The van der Waals surface area contributed by atoms with E-state index in [-0.39, 0.29) is 23.5 Å². The number of hydrogen-bond donors (Lipinski definition) is 1. The minimum Gasteiger partial charge on any atom is -0.321 e. The number of carbonyl (C=O) groups excluding carboxylic acids is 1. The first-order valence-corrected chi connectivity index (χ1v) is 10.6. The van der Waals surface area contributed by atoms with Gasteiger partial charge in [-0.25, -0.2) is 13.1 Å². The first-order valence-electron chi connectivity index (χ1n) is 8.03. The van der Waals surface area contributed by atoms with Crippen LogP contribution in [-0.2, 0) is 14.6 Å². The number of sulfone groups is 1. The van der Waals surface area contributed by atoms with E-state index < -0.39 is 9.84 Å². The molecule has 1 atom stereocenters. The highest BCUT2D eigenvalue weighted by molar-refractivity contribution is 7.91. The number of aryl methyl sites for hydroxylation is 1. The van der Waals surface area contributed by atoms with Crippen molar-refractivity contribution >= 4 is 56.3 Å². The third-order valence-electron chi connectivity index (χ3n) is 4.68. The number of carbonyl (C=O) groups is 1. The Morgan fingerprint density at radius 1 is 1.35 bits per heavy atom. The molecular weight excluding hydrogens is 397 g/mol. The SMILES string of the molecule is Cc1nn([C@H]2CCS(=O)(=O)C2)c(Cl)c1/C=C1\C(=O)Nc2ccc(Cl)cc21. The van der Waals surface area contributed by atoms with Gasteiger partial charge in [0, 0.05) is 27.4 Å². The van der Waals surface area contributed by atoms with Gasteiger partial charge >= 0.3 is 0 Å². The summed E-state index contributed by atoms with van der Waals surface area (Å²) in [5, 5.41) is 8.07. The summed E-state index contributed by atoms with van der Waals surface area (Å²) in [7, 11) is -3.05. The molecule has 2 aromatic rings. The molecule has 0 aliphatic carbocycles. The fourth-order valence-electron chi connectivity index (χ4n) is 3.35. The number of nitrogens with zero attached hydrogens (tertiary/aromatic N) is 2. The van der Waals surface area contributed by atoms with Gasteiger partial charge in [-0.1, -0.05) is 23.2 Å². The molecule has 4 rings (SSSR count). The van der Waals surface area contributed by atoms with E-state index in [0.717, 1.165) is 0 Å². The summed E-state index contributed by atoms with van der Waals surface area (Å²) in [6.45, 7) is 1.78. The highest BCUT2D eigenvalue weighted by Gasteiger charge is 2.32. The summed E-state index contributed by atoms with van der Waals surface area (Å²) in [5.41, 5.74) is 3.08. The lowest BCUT2D eigenvalue weighted by Crippen LogP contribution is -2.12. The first kappa shape index (κ1) is 17.6. The standard InChI is InChI=1S/C17H15Cl2N3O3S/c1-9-12(16(19)22(21-9)11-4-5-26(24,25)8-11)7-14-13-6-10(18)2-3-15(13)20-17(14)23/h2-3,6-7,11H,4-5,8H2,1H3,(H,20,23)/b14-7-/t11-/m0/s1. The number of anilines is 1. The minimum atomic E-state index is -3.05. The average Bonchev–Trinajstić information content (AvgIpc) is 3.17. The van der Waals surface area contributed by atoms with E-state index in [2.05, 4.69) is 10.4 Å². The van der Waals surface area contributed by atoms with Crippen molar-refractivity contribution in [2.24, 2.45) is 0 Å². The number of aromatic nitrogens is 2. The van der Waals surface area contributed by atoms with Crippen molar-refractivity contribution in [3.05, 3.63) is 45.2 Å². The predicted molar refractivity (Wildman–Crippen MR) is 102 cm³/mol. The molecule has 0 saturated carbocycles. The van der Waals surface area contributed by atoms with E-state index in [1.807, 2.05) is 0 Å². The monoisotopic (exact) mass is 411 g/mol. The van der Waals surface area contributed by atoms with Crippen LogP contribution in [0.2, 0.25) is 10.2 Å². The van der Waals surface area contributed by atoms with Crippen molar-refractivity contribution in [1.29, 1.82) is 0 Å². The molecular formula is C17H15Cl2N3O3S. The van der Waals surface area contributed by atoms with Gasteiger partial charge in [0.15, 0.2) is 9.84 Å². The highest BCUT2D eigenvalue weighted by Crippen LogP contribution is 2.37. The Labute approximate surface area is 160 Å². The van der Waals surface area contributed by atoms with Crippen LogP contribution >= 0.6 is 23.2 Å². The largest absolute Gasteiger partial charge is 0.321 e. The van der Waals surface area contributed by atoms with Crippen molar-refractivity contribution in [1.82, 2.24) is 9.78 Å². The van der Waals surface area contributed by atoms with Gasteiger partial charge in [-0.3, -0.25) is 4.79 Å². The third kappa shape index (κ3) is 2.94. The maximum atomic E-state index is 12.3. The van der Waals surface area contributed by atoms with Gasteiger partial charge in [0.1, 0.15) is 5.15 Å². The molecule has 1 aromatic carbocycles. The van der Waals surface area contributed by atoms with E-state index in [1.54, 1.807) is 35.9 Å². The molecule has 0 spiro atoms. The minimum absolute atomic E-state index is 0.0305. The number of benzene rings is 1. The van der Waals surface area contributed by atoms with Crippen LogP contribution < -0.4 is 5.32 Å². The molecule has 0 bridgehead atoms. The quantitative estimate of drug-likeness (QED) is 0.768. The lowest BCUT2D eigenvalue weighted by molar-refractivity contribution is -0.110. The van der Waals surface area contributed by atoms with Crippen LogP contribution in [-0.4, -0.2) is 35.6 Å². The van der Waals surface area contributed by atoms with E-state index in [0.29, 0.717) is 44.7 Å². The second kappa shape index (κ2) is 6.11. The molecule has 0 radical (unpaired) electrons. The normalized spacial score (nSPS) is 22.7. The Morgan fingerprint density at radius 2 is 2.12 bits per heavy atom. The van der Waals surface area contributed by atoms with Crippen molar-refractivity contribution in [3.8, 4) is 0 Å². The predicted octanol–water partition coefficient (Wildman–Crippen LogP) is 3.35. The van der Waals surface area contributed by atoms with E-state index in [4.69, 9.17) is 23.2 Å². The van der Waals surface area contributed by atoms with Crippen LogP contribution in [0.15, 0.2) is 18.2 Å². The van der Waals surface area contributed by atoms with Gasteiger partial charge in [-0.2, -0.15) is 5.10 Å². The van der Waals surface area contributed by atoms with Crippen LogP contribution in [0.5, 0.6) is 0 Å². The summed E-state index contributed by atoms with van der Waals surface area (Å²) in [5.74, 6) is -0.0747. The molecule has 1 N–H and O–H groups in total. The number of amides is 1. The van der Waals surface area contributed by atoms with Crippen LogP contribution in [0.3, 0.4) is 0 Å². The third-order valence-corrected chi connectivity index (χ3v) is 7.04. The lowest BCUT2D eigenvalue weighted by Gasteiger charge is -2.09. The Kier molecular flexibility index (Phi) is 4.13. The smallest absolute Gasteiger partial charge is 0.256 e. The summed E-state index contributed by atoms with van der Waals surface area (Å²) >= 11 is 12.5. The molecule has 3 heterocycles. The summed E-state index contributed by atoms with van der Waals surface area (Å²) < 4.78 is 25.0. The van der Waals surface area contributed by atoms with Crippen molar-refractivity contribution < 1.29 is 13.2 Å². The van der Waals surface area contributed by atoms with Crippen molar-refractivity contribution in [3.63, 3.8) is 0 Å². The molecule has 1 fully saturated rings. The molecule has 1 aromatic heterocycles. The maximum Gasteiger partial charge on any atom is 0.256 e. The Bertz CT molecular complexity index is 1070. The zero-order chi connectivity index (χ0) is 18.6. The van der Waals surface area contributed by atoms with Gasteiger partial charge in [0.2, 0.25) is 0 Å². The first-order chi connectivity index (χ1) is 12.2. The van der Waals surface area contributed by atoms with Crippen LogP contribution in [0.1, 0.15) is 29.3 Å². The van der Waals surface area contributed by atoms with E-state index in [9.17, 15) is 13.2 Å². The van der Waals surface area contributed by atoms with Gasteiger partial charge in [-0.05, 0) is 37.6 Å². The van der Waals surface area contributed by atoms with Crippen molar-refractivity contribution in [2.75, 3.05) is 16.8 Å². The molecule has 1 saturated heterocycles. The molecule has 136 valence electrons. The van der Waals surface area contributed by atoms with Gasteiger partial charge in [0.05, 0.1) is 23.2 Å². The number of nitrogens with one attached hydrogen (secondary N) is 1. The molecule has 1 amide bonds. The molecule has 26 heavy (non-hydrogen) atoms. The average molecular weight is 412 g/mol. The van der Waals surface area contributed by atoms with Crippen LogP contribution in [0, 0.1) is 6.92 Å². The molecule has 2 aliphatic heterocycles. The second-order valence-electron chi connectivity index (χ2n) is 6.49. The molecule has 9 heteroatoms. The van der Waals surface area contributed by atoms with Gasteiger partial charge in [0.25, 0.3) is 5.91 Å². The number of hydrogen-bond acceptors (Lipinski definition) is 4. The number of rotatable bonds is 2. The number of fused-ring (bicyclic) bond motifs is 1. The zero-order valence-corrected chi connectivity index (χ0v) is 16.1. The molecule has 2 aliphatic rings. The molecule has 6 nitrogen and oxygen atoms in total. The summed E-state index contributed by atoms with van der Waals surface area (Å²) in [4.78, 5) is 12.3.